The molecule has 0 aromatic heterocycles. The third-order valence-electron chi connectivity index (χ3n) is 3.92. The summed E-state index contributed by atoms with van der Waals surface area (Å²) in [6.45, 7) is 2.58. The van der Waals surface area contributed by atoms with Gasteiger partial charge in [0.1, 0.15) is 0 Å². The molecule has 0 saturated carbocycles. The Labute approximate surface area is 168 Å². The Kier molecular flexibility index (Phi) is 8.78. The topological polar surface area (TPSA) is 55.4 Å². The summed E-state index contributed by atoms with van der Waals surface area (Å²) < 4.78 is 5.68. The highest BCUT2D eigenvalue weighted by Crippen LogP contribution is 2.16. The smallest absolute Gasteiger partial charge is 0.338 e. The van der Waals surface area contributed by atoms with Gasteiger partial charge in [-0.05, 0) is 58.3 Å². The molecule has 4 nitrogen and oxygen atoms in total. The number of carbonyl (C=O) groups is 2. The number of amides is 1. The predicted molar refractivity (Wildman–Crippen MR) is 113 cm³/mol. The van der Waals surface area contributed by atoms with E-state index in [9.17, 15) is 9.59 Å². The summed E-state index contributed by atoms with van der Waals surface area (Å²) in [7, 11) is 0. The van der Waals surface area contributed by atoms with Crippen molar-refractivity contribution < 1.29 is 14.3 Å². The van der Waals surface area contributed by atoms with Gasteiger partial charge in [0.05, 0.1) is 16.7 Å². The third-order valence-corrected chi connectivity index (χ3v) is 4.51. The lowest BCUT2D eigenvalue weighted by Gasteiger charge is -2.07. The molecule has 0 atom stereocenters. The van der Waals surface area contributed by atoms with Crippen molar-refractivity contribution in [3.8, 4) is 0 Å². The van der Waals surface area contributed by atoms with E-state index in [2.05, 4.69) is 28.2 Å². The van der Waals surface area contributed by atoms with Crippen LogP contribution in [0.4, 0.5) is 5.69 Å². The number of ether oxygens (including phenoxy) is 1. The molecular formula is C22H24BrNO3. The first-order chi connectivity index (χ1) is 13.1. The number of benzene rings is 2. The van der Waals surface area contributed by atoms with Crippen LogP contribution in [0.3, 0.4) is 0 Å². The largest absolute Gasteiger partial charge is 0.462 e. The molecule has 0 aliphatic heterocycles. The number of carbonyl (C=O) groups excluding carboxylic acids is 2. The molecule has 27 heavy (non-hydrogen) atoms. The monoisotopic (exact) mass is 429 g/mol. The zero-order valence-corrected chi connectivity index (χ0v) is 17.0. The van der Waals surface area contributed by atoms with Crippen LogP contribution in [0.1, 0.15) is 48.5 Å². The van der Waals surface area contributed by atoms with E-state index in [1.807, 2.05) is 30.3 Å². The van der Waals surface area contributed by atoms with Gasteiger partial charge in [-0.2, -0.15) is 0 Å². The first-order valence-corrected chi connectivity index (χ1v) is 9.90. The van der Waals surface area contributed by atoms with Crippen molar-refractivity contribution in [1.82, 2.24) is 0 Å². The van der Waals surface area contributed by atoms with Crippen LogP contribution in [0.2, 0.25) is 0 Å². The highest BCUT2D eigenvalue weighted by molar-refractivity contribution is 9.12. The molecule has 2 rings (SSSR count). The van der Waals surface area contributed by atoms with Crippen molar-refractivity contribution in [2.75, 3.05) is 11.9 Å². The van der Waals surface area contributed by atoms with Gasteiger partial charge in [-0.25, -0.2) is 4.79 Å². The molecule has 0 aliphatic rings. The van der Waals surface area contributed by atoms with Crippen molar-refractivity contribution in [1.29, 1.82) is 0 Å². The van der Waals surface area contributed by atoms with E-state index in [0.29, 0.717) is 22.3 Å². The molecule has 0 heterocycles. The van der Waals surface area contributed by atoms with Crippen LogP contribution >= 0.6 is 15.9 Å². The van der Waals surface area contributed by atoms with Gasteiger partial charge in [0, 0.05) is 5.69 Å². The molecule has 0 radical (unpaired) electrons. The third kappa shape index (κ3) is 7.39. The molecule has 142 valence electrons. The fourth-order valence-corrected chi connectivity index (χ4v) is 2.78. The van der Waals surface area contributed by atoms with Crippen LogP contribution in [0.15, 0.2) is 59.1 Å². The summed E-state index contributed by atoms with van der Waals surface area (Å²) in [4.78, 5) is 24.2. The van der Waals surface area contributed by atoms with E-state index in [1.165, 1.54) is 0 Å². The highest BCUT2D eigenvalue weighted by atomic mass is 79.9. The number of esters is 1. The molecule has 0 saturated heterocycles. The fourth-order valence-electron chi connectivity index (χ4n) is 2.42. The van der Waals surface area contributed by atoms with Crippen molar-refractivity contribution in [2.24, 2.45) is 0 Å². The Hall–Kier alpha value is -2.40. The lowest BCUT2D eigenvalue weighted by atomic mass is 10.2. The Morgan fingerprint density at radius 1 is 1.00 bits per heavy atom. The van der Waals surface area contributed by atoms with E-state index in [1.54, 1.807) is 30.3 Å². The summed E-state index contributed by atoms with van der Waals surface area (Å²) >= 11 is 3.30. The maximum atomic E-state index is 12.2. The van der Waals surface area contributed by atoms with Crippen molar-refractivity contribution in [3.63, 3.8) is 0 Å². The Morgan fingerprint density at radius 3 is 2.37 bits per heavy atom. The standard InChI is InChI=1S/C22H24BrNO3/c1-2-3-4-8-15-27-22(26)18-11-13-19(14-12-18)24-21(25)20(23)16-17-9-6-5-7-10-17/h5-7,9-14,16H,2-4,8,15H2,1H3,(H,24,25)/b20-16-. The molecule has 0 aliphatic carbocycles. The molecule has 0 bridgehead atoms. The van der Waals surface area contributed by atoms with Crippen LogP contribution in [0.5, 0.6) is 0 Å². The van der Waals surface area contributed by atoms with E-state index in [-0.39, 0.29) is 11.9 Å². The molecule has 1 N–H and O–H groups in total. The number of nitrogens with one attached hydrogen (secondary N) is 1. The Bertz CT molecular complexity index is 770. The summed E-state index contributed by atoms with van der Waals surface area (Å²) in [6.07, 6.45) is 6.01. The van der Waals surface area contributed by atoms with E-state index < -0.39 is 0 Å². The second-order valence-electron chi connectivity index (χ2n) is 6.13. The molecule has 1 amide bonds. The molecule has 2 aromatic carbocycles. The second kappa shape index (κ2) is 11.3. The number of hydrogen-bond acceptors (Lipinski definition) is 3. The van der Waals surface area contributed by atoms with Gasteiger partial charge in [-0.15, -0.1) is 0 Å². The fraction of sp³-hybridized carbons (Fsp3) is 0.273. The van der Waals surface area contributed by atoms with Crippen molar-refractivity contribution in [2.45, 2.75) is 32.6 Å². The average molecular weight is 430 g/mol. The minimum absolute atomic E-state index is 0.259. The first-order valence-electron chi connectivity index (χ1n) is 9.11. The molecule has 0 unspecified atom stereocenters. The molecule has 0 spiro atoms. The SMILES string of the molecule is CCCCCCOC(=O)c1ccc(NC(=O)/C(Br)=C/c2ccccc2)cc1. The van der Waals surface area contributed by atoms with Gasteiger partial charge in [0.2, 0.25) is 0 Å². The summed E-state index contributed by atoms with van der Waals surface area (Å²) in [5, 5.41) is 2.79. The number of unbranched alkanes of at least 4 members (excludes halogenated alkanes) is 3. The van der Waals surface area contributed by atoms with Crippen molar-refractivity contribution >= 4 is 39.6 Å². The number of anilines is 1. The lowest BCUT2D eigenvalue weighted by molar-refractivity contribution is -0.112. The number of halogens is 1. The average Bonchev–Trinajstić information content (AvgIpc) is 2.69. The van der Waals surface area contributed by atoms with E-state index >= 15 is 0 Å². The summed E-state index contributed by atoms with van der Waals surface area (Å²) in [5.74, 6) is -0.598. The molecule has 2 aromatic rings. The maximum absolute atomic E-state index is 12.2. The Morgan fingerprint density at radius 2 is 1.70 bits per heavy atom. The maximum Gasteiger partial charge on any atom is 0.338 e. The van der Waals surface area contributed by atoms with Gasteiger partial charge in [-0.1, -0.05) is 56.5 Å². The highest BCUT2D eigenvalue weighted by Gasteiger charge is 2.09. The number of rotatable bonds is 9. The first kappa shape index (κ1) is 20.9. The van der Waals surface area contributed by atoms with E-state index in [0.717, 1.165) is 31.2 Å². The zero-order chi connectivity index (χ0) is 19.5. The molecule has 5 heteroatoms. The number of hydrogen-bond donors (Lipinski definition) is 1. The summed E-state index contributed by atoms with van der Waals surface area (Å²) in [6, 6.07) is 16.2. The Balaban J connectivity index is 1.86. The van der Waals surface area contributed by atoms with Crippen LogP contribution in [0, 0.1) is 0 Å². The van der Waals surface area contributed by atoms with E-state index in [4.69, 9.17) is 4.74 Å². The quantitative estimate of drug-likeness (QED) is 0.311. The zero-order valence-electron chi connectivity index (χ0n) is 15.4. The lowest BCUT2D eigenvalue weighted by Crippen LogP contribution is -2.11. The van der Waals surface area contributed by atoms with Crippen LogP contribution in [-0.2, 0) is 9.53 Å². The van der Waals surface area contributed by atoms with Crippen LogP contribution < -0.4 is 5.32 Å². The van der Waals surface area contributed by atoms with Gasteiger partial charge in [-0.3, -0.25) is 4.79 Å². The minimum atomic E-state index is -0.338. The normalized spacial score (nSPS) is 11.1. The van der Waals surface area contributed by atoms with Gasteiger partial charge in [0.15, 0.2) is 0 Å². The van der Waals surface area contributed by atoms with Gasteiger partial charge in [0.25, 0.3) is 5.91 Å². The summed E-state index contributed by atoms with van der Waals surface area (Å²) in [5.41, 5.74) is 2.01. The molecule has 0 fully saturated rings. The van der Waals surface area contributed by atoms with Crippen LogP contribution in [0.25, 0.3) is 6.08 Å². The second-order valence-corrected chi connectivity index (χ2v) is 6.99. The van der Waals surface area contributed by atoms with Gasteiger partial charge < -0.3 is 10.1 Å². The minimum Gasteiger partial charge on any atom is -0.462 e. The predicted octanol–water partition coefficient (Wildman–Crippen LogP) is 5.80. The molecular weight excluding hydrogens is 406 g/mol. The van der Waals surface area contributed by atoms with Crippen molar-refractivity contribution in [3.05, 3.63) is 70.2 Å². The van der Waals surface area contributed by atoms with Gasteiger partial charge >= 0.3 is 5.97 Å². The van der Waals surface area contributed by atoms with Crippen LogP contribution in [-0.4, -0.2) is 18.5 Å².